The lowest BCUT2D eigenvalue weighted by atomic mass is 10.1. The first-order valence-corrected chi connectivity index (χ1v) is 10.7. The Balaban J connectivity index is 1.91. The van der Waals surface area contributed by atoms with Gasteiger partial charge in [0.2, 0.25) is 5.75 Å². The SMILES string of the molecule is CCNC(=NCCc1ccc(OC)c(OC)c1OC)NCCSc1ccccc1. The second-order valence-corrected chi connectivity index (χ2v) is 7.26. The average Bonchev–Trinajstić information content (AvgIpc) is 2.76. The third kappa shape index (κ3) is 7.09. The number of hydrogen-bond acceptors (Lipinski definition) is 5. The Kier molecular flexibility index (Phi) is 10.1. The van der Waals surface area contributed by atoms with Crippen LogP contribution < -0.4 is 24.8 Å². The van der Waals surface area contributed by atoms with Crippen LogP contribution in [0.15, 0.2) is 52.4 Å². The van der Waals surface area contributed by atoms with Gasteiger partial charge in [-0.2, -0.15) is 0 Å². The molecule has 2 aromatic carbocycles. The smallest absolute Gasteiger partial charge is 0.203 e. The summed E-state index contributed by atoms with van der Waals surface area (Å²) in [6.45, 7) is 4.35. The first kappa shape index (κ1) is 22.7. The molecule has 0 fully saturated rings. The molecule has 0 atom stereocenters. The van der Waals surface area contributed by atoms with Gasteiger partial charge < -0.3 is 24.8 Å². The summed E-state index contributed by atoms with van der Waals surface area (Å²) >= 11 is 1.83. The van der Waals surface area contributed by atoms with Crippen LogP contribution in [0.2, 0.25) is 0 Å². The number of guanidine groups is 1. The van der Waals surface area contributed by atoms with Gasteiger partial charge in [-0.15, -0.1) is 11.8 Å². The van der Waals surface area contributed by atoms with Gasteiger partial charge in [0.25, 0.3) is 0 Å². The highest BCUT2D eigenvalue weighted by Gasteiger charge is 2.15. The molecule has 0 aromatic heterocycles. The molecule has 0 aliphatic carbocycles. The van der Waals surface area contributed by atoms with Crippen LogP contribution in [0.4, 0.5) is 0 Å². The lowest BCUT2D eigenvalue weighted by Crippen LogP contribution is -2.38. The van der Waals surface area contributed by atoms with Crippen LogP contribution >= 0.6 is 11.8 Å². The molecule has 158 valence electrons. The van der Waals surface area contributed by atoms with Gasteiger partial charge in [-0.1, -0.05) is 24.3 Å². The van der Waals surface area contributed by atoms with Crippen molar-refractivity contribution in [3.8, 4) is 17.2 Å². The third-order valence-electron chi connectivity index (χ3n) is 4.19. The molecular weight excluding hydrogens is 386 g/mol. The minimum Gasteiger partial charge on any atom is -0.493 e. The van der Waals surface area contributed by atoms with E-state index in [2.05, 4.69) is 46.8 Å². The monoisotopic (exact) mass is 417 g/mol. The summed E-state index contributed by atoms with van der Waals surface area (Å²) in [7, 11) is 4.87. The zero-order valence-corrected chi connectivity index (χ0v) is 18.5. The molecule has 0 aliphatic heterocycles. The summed E-state index contributed by atoms with van der Waals surface area (Å²) < 4.78 is 16.3. The first-order valence-electron chi connectivity index (χ1n) is 9.71. The fourth-order valence-corrected chi connectivity index (χ4v) is 3.63. The topological polar surface area (TPSA) is 64.1 Å². The van der Waals surface area contributed by atoms with Gasteiger partial charge in [0.1, 0.15) is 0 Å². The molecular formula is C22H31N3O3S. The summed E-state index contributed by atoms with van der Waals surface area (Å²) in [6.07, 6.45) is 0.735. The fraction of sp³-hybridized carbons (Fsp3) is 0.409. The second kappa shape index (κ2) is 12.8. The van der Waals surface area contributed by atoms with Gasteiger partial charge in [0.05, 0.1) is 21.3 Å². The molecule has 2 N–H and O–H groups in total. The molecule has 0 saturated heterocycles. The second-order valence-electron chi connectivity index (χ2n) is 6.09. The van der Waals surface area contributed by atoms with Crippen LogP contribution in [0.1, 0.15) is 12.5 Å². The number of ether oxygens (including phenoxy) is 3. The molecule has 0 saturated carbocycles. The Hall–Kier alpha value is -2.54. The number of thioether (sulfide) groups is 1. The first-order chi connectivity index (χ1) is 14.2. The van der Waals surface area contributed by atoms with Crippen molar-refractivity contribution in [2.45, 2.75) is 18.2 Å². The van der Waals surface area contributed by atoms with Crippen molar-refractivity contribution < 1.29 is 14.2 Å². The molecule has 7 heteroatoms. The summed E-state index contributed by atoms with van der Waals surface area (Å²) in [5, 5.41) is 6.68. The van der Waals surface area contributed by atoms with Gasteiger partial charge in [0.15, 0.2) is 17.5 Å². The van der Waals surface area contributed by atoms with E-state index in [0.29, 0.717) is 23.8 Å². The van der Waals surface area contributed by atoms with E-state index in [9.17, 15) is 0 Å². The Labute approximate surface area is 178 Å². The summed E-state index contributed by atoms with van der Waals surface area (Å²) in [5.74, 6) is 3.75. The fourth-order valence-electron chi connectivity index (χ4n) is 2.85. The quantitative estimate of drug-likeness (QED) is 0.252. The largest absolute Gasteiger partial charge is 0.493 e. The molecule has 0 aliphatic rings. The van der Waals surface area contributed by atoms with Crippen LogP contribution in [0.5, 0.6) is 17.2 Å². The van der Waals surface area contributed by atoms with Crippen molar-refractivity contribution in [3.05, 3.63) is 48.0 Å². The van der Waals surface area contributed by atoms with Crippen molar-refractivity contribution in [1.82, 2.24) is 10.6 Å². The highest BCUT2D eigenvalue weighted by Crippen LogP contribution is 2.39. The summed E-state index contributed by atoms with van der Waals surface area (Å²) in [5.41, 5.74) is 1.03. The Morgan fingerprint density at radius 2 is 1.69 bits per heavy atom. The van der Waals surface area contributed by atoms with Gasteiger partial charge in [0, 0.05) is 35.8 Å². The Bertz CT molecular complexity index is 769. The van der Waals surface area contributed by atoms with E-state index in [1.165, 1.54) is 4.90 Å². The molecule has 2 rings (SSSR count). The number of rotatable bonds is 11. The normalized spacial score (nSPS) is 11.1. The predicted octanol–water partition coefficient (Wildman–Crippen LogP) is 3.60. The number of benzene rings is 2. The number of methoxy groups -OCH3 is 3. The van der Waals surface area contributed by atoms with E-state index < -0.39 is 0 Å². The van der Waals surface area contributed by atoms with Crippen LogP contribution in [-0.4, -0.2) is 52.7 Å². The average molecular weight is 418 g/mol. The van der Waals surface area contributed by atoms with E-state index in [-0.39, 0.29) is 0 Å². The molecule has 29 heavy (non-hydrogen) atoms. The van der Waals surface area contributed by atoms with Crippen LogP contribution in [0, 0.1) is 0 Å². The van der Waals surface area contributed by atoms with Crippen LogP contribution in [0.25, 0.3) is 0 Å². The lowest BCUT2D eigenvalue weighted by Gasteiger charge is -2.15. The molecule has 0 bridgehead atoms. The van der Waals surface area contributed by atoms with Crippen LogP contribution in [-0.2, 0) is 6.42 Å². The number of nitrogens with zero attached hydrogens (tertiary/aromatic N) is 1. The third-order valence-corrected chi connectivity index (χ3v) is 5.20. The van der Waals surface area contributed by atoms with E-state index in [0.717, 1.165) is 36.8 Å². The van der Waals surface area contributed by atoms with Crippen molar-refractivity contribution in [3.63, 3.8) is 0 Å². The van der Waals surface area contributed by atoms with E-state index in [1.54, 1.807) is 21.3 Å². The molecule has 0 spiro atoms. The molecule has 6 nitrogen and oxygen atoms in total. The zero-order valence-electron chi connectivity index (χ0n) is 17.7. The van der Waals surface area contributed by atoms with Gasteiger partial charge in [-0.25, -0.2) is 0 Å². The highest BCUT2D eigenvalue weighted by molar-refractivity contribution is 7.99. The van der Waals surface area contributed by atoms with Crippen molar-refractivity contribution in [2.75, 3.05) is 46.7 Å². The van der Waals surface area contributed by atoms with E-state index in [4.69, 9.17) is 14.2 Å². The zero-order chi connectivity index (χ0) is 20.9. The molecule has 0 unspecified atom stereocenters. The molecule has 0 radical (unpaired) electrons. The van der Waals surface area contributed by atoms with E-state index in [1.807, 2.05) is 30.0 Å². The minimum atomic E-state index is 0.611. The maximum atomic E-state index is 5.55. The summed E-state index contributed by atoms with van der Waals surface area (Å²) in [6, 6.07) is 14.3. The minimum absolute atomic E-state index is 0.611. The lowest BCUT2D eigenvalue weighted by molar-refractivity contribution is 0.322. The van der Waals surface area contributed by atoms with Gasteiger partial charge in [-0.05, 0) is 31.5 Å². The molecule has 2 aromatic rings. The number of aliphatic imine (C=N–C) groups is 1. The predicted molar refractivity (Wildman–Crippen MR) is 121 cm³/mol. The standard InChI is InChI=1S/C22H31N3O3S/c1-5-23-22(25-15-16-29-18-9-7-6-8-10-18)24-14-13-17-11-12-19(26-2)21(28-4)20(17)27-3/h6-12H,5,13-16H2,1-4H3,(H2,23,24,25). The van der Waals surface area contributed by atoms with Crippen LogP contribution in [0.3, 0.4) is 0 Å². The number of nitrogens with one attached hydrogen (secondary N) is 2. The van der Waals surface area contributed by atoms with Gasteiger partial charge in [-0.3, -0.25) is 4.99 Å². The number of hydrogen-bond donors (Lipinski definition) is 2. The van der Waals surface area contributed by atoms with Crippen molar-refractivity contribution >= 4 is 17.7 Å². The van der Waals surface area contributed by atoms with Gasteiger partial charge >= 0.3 is 0 Å². The van der Waals surface area contributed by atoms with Crippen molar-refractivity contribution in [2.24, 2.45) is 4.99 Å². The summed E-state index contributed by atoms with van der Waals surface area (Å²) in [4.78, 5) is 5.96. The Morgan fingerprint density at radius 1 is 0.931 bits per heavy atom. The Morgan fingerprint density at radius 3 is 2.34 bits per heavy atom. The molecule has 0 amide bonds. The highest BCUT2D eigenvalue weighted by atomic mass is 32.2. The van der Waals surface area contributed by atoms with E-state index >= 15 is 0 Å². The molecule has 0 heterocycles. The van der Waals surface area contributed by atoms with Crippen molar-refractivity contribution in [1.29, 1.82) is 0 Å². The maximum Gasteiger partial charge on any atom is 0.203 e. The maximum absolute atomic E-state index is 5.55.